The molecule has 0 unspecified atom stereocenters. The van der Waals surface area contributed by atoms with E-state index in [1.54, 1.807) is 47.6 Å². The Balaban J connectivity index is 1.35. The number of pyridine rings is 2. The van der Waals surface area contributed by atoms with Crippen molar-refractivity contribution in [3.63, 3.8) is 0 Å². The molecule has 0 bridgehead atoms. The summed E-state index contributed by atoms with van der Waals surface area (Å²) in [7, 11) is 1.81. The summed E-state index contributed by atoms with van der Waals surface area (Å²) in [5.74, 6) is 0.998. The van der Waals surface area contributed by atoms with Gasteiger partial charge in [0.25, 0.3) is 0 Å². The van der Waals surface area contributed by atoms with E-state index in [1.165, 1.54) is 0 Å². The van der Waals surface area contributed by atoms with E-state index in [0.29, 0.717) is 25.3 Å². The van der Waals surface area contributed by atoms with Crippen LogP contribution in [0.4, 0.5) is 5.82 Å². The van der Waals surface area contributed by atoms with Gasteiger partial charge in [-0.1, -0.05) is 0 Å². The molecule has 7 rings (SSSR count). The molecule has 13 heteroatoms. The van der Waals surface area contributed by atoms with Crippen LogP contribution in [-0.4, -0.2) is 81.6 Å². The molecule has 1 aliphatic heterocycles. The minimum Gasteiger partial charge on any atom is -0.389 e. The number of nitrogens with zero attached hydrogens (tertiary/aromatic N) is 8. The first kappa shape index (κ1) is 29.2. The number of carbonyl (C=O) groups excluding carboxylic acids is 1. The highest BCUT2D eigenvalue weighted by Crippen LogP contribution is 2.40. The number of aromatic amines is 1. The molecule has 1 fully saturated rings. The van der Waals surface area contributed by atoms with Crippen molar-refractivity contribution in [1.29, 1.82) is 0 Å². The smallest absolute Gasteiger partial charge is 0.329 e. The number of hydrogen-bond acceptors (Lipinski definition) is 8. The fourth-order valence-electron chi connectivity index (χ4n) is 6.29. The third-order valence-electron chi connectivity index (χ3n) is 8.47. The monoisotopic (exact) mass is 627 g/mol. The SMILES string of the molecule is CC(=O)N1CCN(c2cc3sc(-c4nc5[nH]c(-c6cnn(CC(C)(C)O)c6)cc5c5c4n(C)c(=O)n5C(C)C)cc3cn2)CC1. The third-order valence-corrected chi connectivity index (χ3v) is 9.58. The van der Waals surface area contributed by atoms with Crippen molar-refractivity contribution in [3.05, 3.63) is 47.3 Å². The van der Waals surface area contributed by atoms with Gasteiger partial charge in [0.15, 0.2) is 0 Å². The summed E-state index contributed by atoms with van der Waals surface area (Å²) < 4.78 is 6.35. The lowest BCUT2D eigenvalue weighted by atomic mass is 10.1. The quantitative estimate of drug-likeness (QED) is 0.280. The molecule has 2 N–H and O–H groups in total. The van der Waals surface area contributed by atoms with Gasteiger partial charge in [0.1, 0.15) is 17.2 Å². The largest absolute Gasteiger partial charge is 0.389 e. The van der Waals surface area contributed by atoms with Crippen LogP contribution in [0.2, 0.25) is 0 Å². The maximum absolute atomic E-state index is 13.6. The zero-order valence-electron chi connectivity index (χ0n) is 26.3. The Morgan fingerprint density at radius 2 is 1.87 bits per heavy atom. The standard InChI is InChI=1S/C32H37N9O3S/c1-18(2)41-28-22-12-23(21-15-34-40(16-21)17-32(4,5)44)35-30(22)36-27(29(28)37(6)31(41)43)25-11-20-14-33-26(13-24(20)45-25)39-9-7-38(8-10-39)19(3)42/h11-16,18,44H,7-10,17H2,1-6H3,(H,35,36). The number of piperazine rings is 1. The molecule has 7 heterocycles. The Morgan fingerprint density at radius 3 is 2.56 bits per heavy atom. The second-order valence-corrected chi connectivity index (χ2v) is 13.9. The summed E-state index contributed by atoms with van der Waals surface area (Å²) in [6.07, 6.45) is 5.57. The molecule has 0 atom stereocenters. The summed E-state index contributed by atoms with van der Waals surface area (Å²) >= 11 is 1.63. The predicted octanol–water partition coefficient (Wildman–Crippen LogP) is 4.38. The van der Waals surface area contributed by atoms with Gasteiger partial charge < -0.3 is 19.9 Å². The number of aromatic nitrogens is 7. The highest BCUT2D eigenvalue weighted by atomic mass is 32.1. The second-order valence-electron chi connectivity index (χ2n) is 12.8. The summed E-state index contributed by atoms with van der Waals surface area (Å²) in [5.41, 5.74) is 3.75. The lowest BCUT2D eigenvalue weighted by Gasteiger charge is -2.34. The fraction of sp³-hybridized carbons (Fsp3) is 0.406. The van der Waals surface area contributed by atoms with E-state index in [9.17, 15) is 14.7 Å². The average Bonchev–Trinajstić information content (AvgIpc) is 3.76. The van der Waals surface area contributed by atoms with E-state index < -0.39 is 5.60 Å². The Hall–Kier alpha value is -4.49. The highest BCUT2D eigenvalue weighted by Gasteiger charge is 2.25. The molecule has 1 saturated heterocycles. The lowest BCUT2D eigenvalue weighted by Crippen LogP contribution is -2.48. The Labute approximate surface area is 263 Å². The van der Waals surface area contributed by atoms with Gasteiger partial charge in [0.2, 0.25) is 5.91 Å². The van der Waals surface area contributed by atoms with Gasteiger partial charge in [-0.25, -0.2) is 14.8 Å². The molecule has 1 amide bonds. The molecular formula is C32H37N9O3S. The summed E-state index contributed by atoms with van der Waals surface area (Å²) in [4.78, 5) is 43.8. The van der Waals surface area contributed by atoms with E-state index in [-0.39, 0.29) is 17.6 Å². The molecule has 0 radical (unpaired) electrons. The first-order valence-corrected chi connectivity index (χ1v) is 16.0. The first-order valence-electron chi connectivity index (χ1n) is 15.2. The molecule has 45 heavy (non-hydrogen) atoms. The van der Waals surface area contributed by atoms with Crippen molar-refractivity contribution in [3.8, 4) is 21.8 Å². The molecule has 6 aromatic heterocycles. The number of thiophene rings is 1. The number of fused-ring (bicyclic) bond motifs is 4. The number of rotatable bonds is 6. The second kappa shape index (κ2) is 10.6. The summed E-state index contributed by atoms with van der Waals surface area (Å²) in [5, 5.41) is 16.6. The number of aryl methyl sites for hydroxylation is 1. The van der Waals surface area contributed by atoms with Crippen LogP contribution in [0.1, 0.15) is 40.7 Å². The van der Waals surface area contributed by atoms with Crippen molar-refractivity contribution in [2.24, 2.45) is 7.05 Å². The molecule has 234 valence electrons. The molecule has 0 spiro atoms. The van der Waals surface area contributed by atoms with Gasteiger partial charge in [0, 0.05) is 79.6 Å². The molecule has 12 nitrogen and oxygen atoms in total. The van der Waals surface area contributed by atoms with Gasteiger partial charge >= 0.3 is 5.69 Å². The van der Waals surface area contributed by atoms with Crippen molar-refractivity contribution < 1.29 is 9.90 Å². The van der Waals surface area contributed by atoms with Gasteiger partial charge in [-0.3, -0.25) is 18.6 Å². The number of hydrogen-bond donors (Lipinski definition) is 2. The van der Waals surface area contributed by atoms with Crippen LogP contribution in [0, 0.1) is 0 Å². The Bertz CT molecular complexity index is 2150. The van der Waals surface area contributed by atoms with Crippen molar-refractivity contribution >= 4 is 55.2 Å². The van der Waals surface area contributed by atoms with Crippen LogP contribution in [-0.2, 0) is 18.4 Å². The maximum atomic E-state index is 13.6. The Kier molecular flexibility index (Phi) is 6.86. The van der Waals surface area contributed by atoms with Crippen molar-refractivity contribution in [2.45, 2.75) is 52.8 Å². The molecule has 6 aromatic rings. The van der Waals surface area contributed by atoms with Crippen LogP contribution in [0.15, 0.2) is 41.6 Å². The Morgan fingerprint density at radius 1 is 1.11 bits per heavy atom. The normalized spacial score (nSPS) is 14.6. The number of anilines is 1. The predicted molar refractivity (Wildman–Crippen MR) is 178 cm³/mol. The number of carbonyl (C=O) groups is 1. The first-order chi connectivity index (χ1) is 21.4. The van der Waals surface area contributed by atoms with E-state index in [4.69, 9.17) is 9.97 Å². The average molecular weight is 628 g/mol. The summed E-state index contributed by atoms with van der Waals surface area (Å²) in [6, 6.07) is 6.18. The van der Waals surface area contributed by atoms with Crippen LogP contribution in [0.5, 0.6) is 0 Å². The van der Waals surface area contributed by atoms with Crippen LogP contribution in [0.3, 0.4) is 0 Å². The van der Waals surface area contributed by atoms with Gasteiger partial charge in [-0.2, -0.15) is 5.10 Å². The van der Waals surface area contributed by atoms with Gasteiger partial charge in [0.05, 0.1) is 39.9 Å². The van der Waals surface area contributed by atoms with E-state index in [0.717, 1.165) is 67.2 Å². The van der Waals surface area contributed by atoms with E-state index in [2.05, 4.69) is 27.1 Å². The molecule has 1 aliphatic rings. The number of aliphatic hydroxyl groups is 1. The van der Waals surface area contributed by atoms with Crippen molar-refractivity contribution in [1.82, 2.24) is 38.8 Å². The van der Waals surface area contributed by atoms with Gasteiger partial charge in [-0.15, -0.1) is 11.3 Å². The number of H-pyrrole nitrogens is 1. The summed E-state index contributed by atoms with van der Waals surface area (Å²) in [6.45, 7) is 12.4. The zero-order valence-corrected chi connectivity index (χ0v) is 27.1. The van der Waals surface area contributed by atoms with Crippen molar-refractivity contribution in [2.75, 3.05) is 31.1 Å². The fourth-order valence-corrected chi connectivity index (χ4v) is 7.34. The number of amides is 1. The van der Waals surface area contributed by atoms with E-state index in [1.807, 2.05) is 48.8 Å². The van der Waals surface area contributed by atoms with E-state index >= 15 is 0 Å². The minimum absolute atomic E-state index is 0.0647. The minimum atomic E-state index is -0.894. The highest BCUT2D eigenvalue weighted by molar-refractivity contribution is 7.22. The number of imidazole rings is 1. The van der Waals surface area contributed by atoms with Gasteiger partial charge in [-0.05, 0) is 45.9 Å². The molecule has 0 saturated carbocycles. The zero-order chi connectivity index (χ0) is 31.8. The maximum Gasteiger partial charge on any atom is 0.329 e. The molecular weight excluding hydrogens is 590 g/mol. The third kappa shape index (κ3) is 5.09. The van der Waals surface area contributed by atoms with Crippen LogP contribution in [0.25, 0.3) is 54.0 Å². The van der Waals surface area contributed by atoms with Crippen LogP contribution < -0.4 is 10.6 Å². The van der Waals surface area contributed by atoms with Crippen LogP contribution >= 0.6 is 11.3 Å². The molecule has 0 aromatic carbocycles. The topological polar surface area (TPSA) is 130 Å². The number of nitrogens with one attached hydrogen (secondary N) is 1. The lowest BCUT2D eigenvalue weighted by molar-refractivity contribution is -0.129. The molecule has 0 aliphatic carbocycles.